The van der Waals surface area contributed by atoms with Gasteiger partial charge in [0.1, 0.15) is 0 Å². The fourth-order valence-corrected chi connectivity index (χ4v) is 4.40. The topological polar surface area (TPSA) is 32.3 Å². The van der Waals surface area contributed by atoms with Gasteiger partial charge in [-0.25, -0.2) is 0 Å². The molecule has 0 bridgehead atoms. The average Bonchev–Trinajstić information content (AvgIpc) is 3.19. The van der Waals surface area contributed by atoms with Crippen molar-refractivity contribution in [2.75, 3.05) is 26.7 Å². The summed E-state index contributed by atoms with van der Waals surface area (Å²) in [5.41, 5.74) is 0.390. The molecule has 1 amide bonds. The molecule has 0 aromatic carbocycles. The summed E-state index contributed by atoms with van der Waals surface area (Å²) in [4.78, 5) is 14.6. The van der Waals surface area contributed by atoms with Crippen molar-refractivity contribution >= 4 is 18.3 Å². The Labute approximate surface area is 135 Å². The quantitative estimate of drug-likeness (QED) is 0.864. The van der Waals surface area contributed by atoms with Crippen LogP contribution in [-0.2, 0) is 4.79 Å². The molecule has 1 unspecified atom stereocenters. The van der Waals surface area contributed by atoms with Crippen molar-refractivity contribution in [3.63, 3.8) is 0 Å². The van der Waals surface area contributed by atoms with Crippen LogP contribution in [0.4, 0.5) is 0 Å². The average molecular weight is 315 g/mol. The zero-order valence-electron chi connectivity index (χ0n) is 13.4. The molecule has 2 saturated carbocycles. The molecular formula is C17H31ClN2O. The van der Waals surface area contributed by atoms with Crippen LogP contribution in [0.3, 0.4) is 0 Å². The normalized spacial score (nSPS) is 28.0. The molecule has 3 aliphatic rings. The number of carbonyl (C=O) groups is 1. The van der Waals surface area contributed by atoms with Gasteiger partial charge in [0.25, 0.3) is 0 Å². The first kappa shape index (κ1) is 17.1. The van der Waals surface area contributed by atoms with E-state index < -0.39 is 0 Å². The standard InChI is InChI=1S/C17H30N2O.ClH/c1-19(12-7-14-5-3-2-4-6-14)16(20)15-13-17(15)8-10-18-11-9-17;/h14-15,18H,2-13H2,1H3;1H. The number of hydrogen-bond acceptors (Lipinski definition) is 2. The highest BCUT2D eigenvalue weighted by molar-refractivity contribution is 5.85. The summed E-state index contributed by atoms with van der Waals surface area (Å²) in [6, 6.07) is 0. The molecule has 21 heavy (non-hydrogen) atoms. The Hall–Kier alpha value is -0.280. The Bertz CT molecular complexity index is 349. The maximum absolute atomic E-state index is 12.6. The second kappa shape index (κ2) is 7.32. The highest BCUT2D eigenvalue weighted by Crippen LogP contribution is 2.59. The molecule has 1 spiro atoms. The van der Waals surface area contributed by atoms with Crippen LogP contribution in [-0.4, -0.2) is 37.5 Å². The van der Waals surface area contributed by atoms with Crippen molar-refractivity contribution < 1.29 is 4.79 Å². The van der Waals surface area contributed by atoms with Crippen molar-refractivity contribution in [1.82, 2.24) is 10.2 Å². The SMILES string of the molecule is CN(CCC1CCCCC1)C(=O)C1CC12CCNCC2.Cl. The van der Waals surface area contributed by atoms with Gasteiger partial charge in [0.15, 0.2) is 0 Å². The molecule has 4 heteroatoms. The Kier molecular flexibility index (Phi) is 5.96. The lowest BCUT2D eigenvalue weighted by molar-refractivity contribution is -0.132. The zero-order chi connectivity index (χ0) is 14.0. The molecule has 2 aliphatic carbocycles. The number of nitrogens with one attached hydrogen (secondary N) is 1. The first-order valence-corrected chi connectivity index (χ1v) is 8.67. The van der Waals surface area contributed by atoms with E-state index in [1.807, 2.05) is 11.9 Å². The van der Waals surface area contributed by atoms with Gasteiger partial charge >= 0.3 is 0 Å². The predicted octanol–water partition coefficient (Wildman–Crippen LogP) is 3.23. The van der Waals surface area contributed by atoms with Crippen LogP contribution in [0.5, 0.6) is 0 Å². The lowest BCUT2D eigenvalue weighted by Gasteiger charge is -2.27. The minimum absolute atomic E-state index is 0. The molecule has 1 heterocycles. The van der Waals surface area contributed by atoms with E-state index in [-0.39, 0.29) is 12.4 Å². The van der Waals surface area contributed by atoms with Gasteiger partial charge in [-0.05, 0) is 50.1 Å². The maximum atomic E-state index is 12.6. The highest BCUT2D eigenvalue weighted by Gasteiger charge is 2.58. The minimum Gasteiger partial charge on any atom is -0.345 e. The van der Waals surface area contributed by atoms with Crippen LogP contribution in [0.15, 0.2) is 0 Å². The lowest BCUT2D eigenvalue weighted by atomic mass is 9.87. The molecule has 3 fully saturated rings. The van der Waals surface area contributed by atoms with E-state index in [2.05, 4.69) is 5.32 Å². The molecule has 0 aromatic rings. The van der Waals surface area contributed by atoms with E-state index in [9.17, 15) is 4.79 Å². The van der Waals surface area contributed by atoms with E-state index >= 15 is 0 Å². The Morgan fingerprint density at radius 3 is 2.52 bits per heavy atom. The van der Waals surface area contributed by atoms with Gasteiger partial charge in [-0.1, -0.05) is 32.1 Å². The van der Waals surface area contributed by atoms with Crippen LogP contribution in [0.25, 0.3) is 0 Å². The number of rotatable bonds is 4. The second-order valence-corrected chi connectivity index (χ2v) is 7.42. The van der Waals surface area contributed by atoms with Crippen LogP contribution in [0.1, 0.15) is 57.8 Å². The fraction of sp³-hybridized carbons (Fsp3) is 0.941. The summed E-state index contributed by atoms with van der Waals surface area (Å²) in [6.45, 7) is 3.19. The summed E-state index contributed by atoms with van der Waals surface area (Å²) >= 11 is 0. The van der Waals surface area contributed by atoms with Crippen molar-refractivity contribution in [2.45, 2.75) is 57.8 Å². The Morgan fingerprint density at radius 2 is 1.86 bits per heavy atom. The fourth-order valence-electron chi connectivity index (χ4n) is 4.40. The Morgan fingerprint density at radius 1 is 1.19 bits per heavy atom. The van der Waals surface area contributed by atoms with Crippen LogP contribution in [0.2, 0.25) is 0 Å². The van der Waals surface area contributed by atoms with Gasteiger partial charge in [0, 0.05) is 19.5 Å². The first-order valence-electron chi connectivity index (χ1n) is 8.67. The number of carbonyl (C=O) groups excluding carboxylic acids is 1. The number of amides is 1. The van der Waals surface area contributed by atoms with E-state index in [0.717, 1.165) is 32.0 Å². The first-order chi connectivity index (χ1) is 9.71. The summed E-state index contributed by atoms with van der Waals surface area (Å²) in [5, 5.41) is 3.41. The monoisotopic (exact) mass is 314 g/mol. The van der Waals surface area contributed by atoms with E-state index in [1.165, 1.54) is 51.4 Å². The van der Waals surface area contributed by atoms with Gasteiger partial charge < -0.3 is 10.2 Å². The van der Waals surface area contributed by atoms with Gasteiger partial charge in [-0.2, -0.15) is 0 Å². The molecule has 0 aromatic heterocycles. The summed E-state index contributed by atoms with van der Waals surface area (Å²) in [5.74, 6) is 1.66. The van der Waals surface area contributed by atoms with Crippen molar-refractivity contribution in [3.8, 4) is 0 Å². The number of nitrogens with zero attached hydrogens (tertiary/aromatic N) is 1. The van der Waals surface area contributed by atoms with Crippen LogP contribution >= 0.6 is 12.4 Å². The summed E-state index contributed by atoms with van der Waals surface area (Å²) in [7, 11) is 2.03. The van der Waals surface area contributed by atoms with Crippen molar-refractivity contribution in [3.05, 3.63) is 0 Å². The third kappa shape index (κ3) is 3.92. The molecule has 0 radical (unpaired) electrons. The highest BCUT2D eigenvalue weighted by atomic mass is 35.5. The van der Waals surface area contributed by atoms with E-state index in [4.69, 9.17) is 0 Å². The molecule has 1 saturated heterocycles. The maximum Gasteiger partial charge on any atom is 0.226 e. The van der Waals surface area contributed by atoms with Crippen LogP contribution < -0.4 is 5.32 Å². The third-order valence-electron chi connectivity index (χ3n) is 6.06. The molecule has 1 N–H and O–H groups in total. The third-order valence-corrected chi connectivity index (χ3v) is 6.06. The number of hydrogen-bond donors (Lipinski definition) is 1. The number of halogens is 1. The lowest BCUT2D eigenvalue weighted by Crippen LogP contribution is -2.35. The Balaban J connectivity index is 0.00000161. The van der Waals surface area contributed by atoms with Gasteiger partial charge in [-0.3, -0.25) is 4.79 Å². The molecular weight excluding hydrogens is 284 g/mol. The summed E-state index contributed by atoms with van der Waals surface area (Å²) < 4.78 is 0. The molecule has 1 aliphatic heterocycles. The van der Waals surface area contributed by atoms with E-state index in [0.29, 0.717) is 17.2 Å². The van der Waals surface area contributed by atoms with Gasteiger partial charge in [-0.15, -0.1) is 12.4 Å². The van der Waals surface area contributed by atoms with Crippen molar-refractivity contribution in [1.29, 1.82) is 0 Å². The smallest absolute Gasteiger partial charge is 0.226 e. The largest absolute Gasteiger partial charge is 0.345 e. The minimum atomic E-state index is 0. The zero-order valence-corrected chi connectivity index (χ0v) is 14.2. The molecule has 3 rings (SSSR count). The predicted molar refractivity (Wildman–Crippen MR) is 88.7 cm³/mol. The van der Waals surface area contributed by atoms with Gasteiger partial charge in [0.05, 0.1) is 0 Å². The summed E-state index contributed by atoms with van der Waals surface area (Å²) in [6.07, 6.45) is 11.8. The second-order valence-electron chi connectivity index (χ2n) is 7.42. The van der Waals surface area contributed by atoms with Gasteiger partial charge in [0.2, 0.25) is 5.91 Å². The van der Waals surface area contributed by atoms with Crippen molar-refractivity contribution in [2.24, 2.45) is 17.3 Å². The van der Waals surface area contributed by atoms with E-state index in [1.54, 1.807) is 0 Å². The van der Waals surface area contributed by atoms with Crippen LogP contribution in [0, 0.1) is 17.3 Å². The number of piperidine rings is 1. The molecule has 1 atom stereocenters. The molecule has 122 valence electrons. The molecule has 3 nitrogen and oxygen atoms in total.